The van der Waals surface area contributed by atoms with Gasteiger partial charge in [0.2, 0.25) is 0 Å². The lowest BCUT2D eigenvalue weighted by atomic mass is 10.0. The summed E-state index contributed by atoms with van der Waals surface area (Å²) in [4.78, 5) is 22.8. The smallest absolute Gasteiger partial charge is 0.350 e. The molecule has 2 rings (SSSR count). The Kier molecular flexibility index (Phi) is 2.90. The molecule has 2 aromatic rings. The van der Waals surface area contributed by atoms with Crippen LogP contribution < -0.4 is 5.63 Å². The van der Waals surface area contributed by atoms with Crippen LogP contribution in [0.1, 0.15) is 22.8 Å². The summed E-state index contributed by atoms with van der Waals surface area (Å²) in [5, 5.41) is 19.9. The molecule has 0 fully saturated rings. The average molecular weight is 313 g/mol. The molecule has 0 radical (unpaired) electrons. The third-order valence-electron chi connectivity index (χ3n) is 2.68. The van der Waals surface area contributed by atoms with E-state index < -0.39 is 17.2 Å². The second-order valence-corrected chi connectivity index (χ2v) is 4.67. The molecule has 1 aromatic carbocycles. The van der Waals surface area contributed by atoms with Gasteiger partial charge in [-0.25, -0.2) is 4.79 Å². The Labute approximate surface area is 110 Å². The van der Waals surface area contributed by atoms with Gasteiger partial charge in [-0.1, -0.05) is 0 Å². The van der Waals surface area contributed by atoms with Crippen molar-refractivity contribution in [3.8, 4) is 11.5 Å². The largest absolute Gasteiger partial charge is 0.507 e. The Morgan fingerprint density at radius 3 is 2.56 bits per heavy atom. The van der Waals surface area contributed by atoms with Crippen LogP contribution >= 0.6 is 15.9 Å². The highest BCUT2D eigenvalue weighted by Gasteiger charge is 2.20. The van der Waals surface area contributed by atoms with Crippen molar-refractivity contribution >= 4 is 32.7 Å². The van der Waals surface area contributed by atoms with E-state index in [4.69, 9.17) is 4.42 Å². The molecule has 0 amide bonds. The molecule has 0 aliphatic rings. The van der Waals surface area contributed by atoms with Crippen molar-refractivity contribution in [1.82, 2.24) is 0 Å². The molecule has 0 saturated heterocycles. The van der Waals surface area contributed by atoms with Crippen LogP contribution in [0.25, 0.3) is 11.0 Å². The van der Waals surface area contributed by atoms with Crippen molar-refractivity contribution in [3.05, 3.63) is 32.1 Å². The minimum atomic E-state index is -0.616. The molecule has 0 aliphatic heterocycles. The van der Waals surface area contributed by atoms with E-state index in [-0.39, 0.29) is 26.8 Å². The molecule has 6 heteroatoms. The quantitative estimate of drug-likeness (QED) is 0.624. The molecule has 0 unspecified atom stereocenters. The van der Waals surface area contributed by atoms with Gasteiger partial charge in [0.1, 0.15) is 27.1 Å². The van der Waals surface area contributed by atoms with E-state index in [1.165, 1.54) is 6.92 Å². The molecule has 1 heterocycles. The van der Waals surface area contributed by atoms with E-state index >= 15 is 0 Å². The minimum Gasteiger partial charge on any atom is -0.507 e. The molecular weight excluding hydrogens is 304 g/mol. The van der Waals surface area contributed by atoms with Crippen LogP contribution in [0.3, 0.4) is 0 Å². The number of rotatable bonds is 1. The number of phenolic OH excluding ortho intramolecular Hbond substituents is 2. The molecule has 0 bridgehead atoms. The van der Waals surface area contributed by atoms with Crippen molar-refractivity contribution in [2.45, 2.75) is 13.8 Å². The third-order valence-corrected chi connectivity index (χ3v) is 3.60. The number of phenols is 2. The molecule has 0 aliphatic carbocycles. The Bertz CT molecular complexity index is 730. The van der Waals surface area contributed by atoms with Crippen molar-refractivity contribution in [2.75, 3.05) is 0 Å². The maximum absolute atomic E-state index is 11.5. The van der Waals surface area contributed by atoms with E-state index in [1.54, 1.807) is 6.92 Å². The van der Waals surface area contributed by atoms with Crippen molar-refractivity contribution < 1.29 is 19.4 Å². The first kappa shape index (κ1) is 12.6. The molecule has 0 spiro atoms. The predicted octanol–water partition coefficient (Wildman–Crippen LogP) is 2.48. The number of ketones is 1. The van der Waals surface area contributed by atoms with Gasteiger partial charge in [0.05, 0.1) is 5.39 Å². The Morgan fingerprint density at radius 1 is 1.39 bits per heavy atom. The Hall–Kier alpha value is -1.82. The van der Waals surface area contributed by atoms with Gasteiger partial charge in [0, 0.05) is 6.07 Å². The van der Waals surface area contributed by atoms with E-state index in [9.17, 15) is 19.8 Å². The summed E-state index contributed by atoms with van der Waals surface area (Å²) in [6, 6.07) is 1.15. The average Bonchev–Trinajstić information content (AvgIpc) is 2.24. The number of Topliss-reactive ketones (excluding diaryl/α,β-unsaturated/α-hetero) is 1. The van der Waals surface area contributed by atoms with Gasteiger partial charge >= 0.3 is 5.63 Å². The number of carbonyl (C=O) groups is 1. The molecule has 94 valence electrons. The normalized spacial score (nSPS) is 10.8. The van der Waals surface area contributed by atoms with Gasteiger partial charge in [0.15, 0.2) is 5.78 Å². The number of benzene rings is 1. The molecule has 18 heavy (non-hydrogen) atoms. The summed E-state index contributed by atoms with van der Waals surface area (Å²) < 4.78 is 5.11. The highest BCUT2D eigenvalue weighted by atomic mass is 79.9. The number of carbonyl (C=O) groups excluding carboxylic acids is 1. The van der Waals surface area contributed by atoms with Gasteiger partial charge in [-0.2, -0.15) is 0 Å². The summed E-state index contributed by atoms with van der Waals surface area (Å²) in [6.45, 7) is 2.83. The topological polar surface area (TPSA) is 87.7 Å². The SMILES string of the molecule is CC(=O)c1c(O)cc2oc(=O)c(Br)c(C)c2c1O. The minimum absolute atomic E-state index is 0.0284. The number of hydrogen-bond donors (Lipinski definition) is 2. The van der Waals surface area contributed by atoms with Crippen LogP contribution in [0, 0.1) is 6.92 Å². The van der Waals surface area contributed by atoms with Crippen molar-refractivity contribution in [3.63, 3.8) is 0 Å². The zero-order valence-corrected chi connectivity index (χ0v) is 11.2. The highest BCUT2D eigenvalue weighted by Crippen LogP contribution is 2.38. The van der Waals surface area contributed by atoms with Gasteiger partial charge in [-0.05, 0) is 35.3 Å². The fourth-order valence-corrected chi connectivity index (χ4v) is 2.11. The van der Waals surface area contributed by atoms with Crippen LogP contribution in [-0.2, 0) is 0 Å². The number of fused-ring (bicyclic) bond motifs is 1. The van der Waals surface area contributed by atoms with E-state index in [0.29, 0.717) is 5.56 Å². The summed E-state index contributed by atoms with van der Waals surface area (Å²) in [6.07, 6.45) is 0. The number of aryl methyl sites for hydroxylation is 1. The van der Waals surface area contributed by atoms with Crippen molar-refractivity contribution in [2.24, 2.45) is 0 Å². The van der Waals surface area contributed by atoms with E-state index in [2.05, 4.69) is 15.9 Å². The first-order chi connectivity index (χ1) is 8.34. The number of halogens is 1. The van der Waals surface area contributed by atoms with Gasteiger partial charge in [0.25, 0.3) is 0 Å². The lowest BCUT2D eigenvalue weighted by molar-refractivity contribution is 0.101. The van der Waals surface area contributed by atoms with Crippen LogP contribution in [0.5, 0.6) is 11.5 Å². The standard InChI is InChI=1S/C12H9BrO5/c1-4-8-7(18-12(17)10(4)13)3-6(15)9(5(2)14)11(8)16/h3,15-16H,1-2H3. The fraction of sp³-hybridized carbons (Fsp3) is 0.167. The molecule has 0 atom stereocenters. The zero-order chi connectivity index (χ0) is 13.6. The third kappa shape index (κ3) is 1.69. The molecule has 2 N–H and O–H groups in total. The lowest BCUT2D eigenvalue weighted by Gasteiger charge is -2.09. The lowest BCUT2D eigenvalue weighted by Crippen LogP contribution is -2.04. The second kappa shape index (κ2) is 4.13. The second-order valence-electron chi connectivity index (χ2n) is 3.88. The molecule has 0 saturated carbocycles. The maximum Gasteiger partial charge on any atom is 0.350 e. The van der Waals surface area contributed by atoms with E-state index in [0.717, 1.165) is 6.07 Å². The Morgan fingerprint density at radius 2 is 2.00 bits per heavy atom. The summed E-state index contributed by atoms with van der Waals surface area (Å²) in [5.74, 6) is -1.29. The first-order valence-corrected chi connectivity index (χ1v) is 5.82. The van der Waals surface area contributed by atoms with E-state index in [1.807, 2.05) is 0 Å². The fourth-order valence-electron chi connectivity index (χ4n) is 1.83. The molecular formula is C12H9BrO5. The summed E-state index contributed by atoms with van der Waals surface area (Å²) in [7, 11) is 0. The highest BCUT2D eigenvalue weighted by molar-refractivity contribution is 9.10. The first-order valence-electron chi connectivity index (χ1n) is 5.03. The monoisotopic (exact) mass is 312 g/mol. The van der Waals surface area contributed by atoms with Gasteiger partial charge in [-0.15, -0.1) is 0 Å². The number of hydrogen-bond acceptors (Lipinski definition) is 5. The zero-order valence-electron chi connectivity index (χ0n) is 9.57. The number of aromatic hydroxyl groups is 2. The molecule has 1 aromatic heterocycles. The van der Waals surface area contributed by atoms with Crippen LogP contribution in [0.2, 0.25) is 0 Å². The van der Waals surface area contributed by atoms with Crippen LogP contribution in [0.15, 0.2) is 19.8 Å². The predicted molar refractivity (Wildman–Crippen MR) is 68.3 cm³/mol. The van der Waals surface area contributed by atoms with Crippen molar-refractivity contribution in [1.29, 1.82) is 0 Å². The van der Waals surface area contributed by atoms with Gasteiger partial charge in [-0.3, -0.25) is 4.79 Å². The summed E-state index contributed by atoms with van der Waals surface area (Å²) in [5.41, 5.74) is -0.331. The molecule has 5 nitrogen and oxygen atoms in total. The Balaban J connectivity index is 3.07. The van der Waals surface area contributed by atoms with Crippen LogP contribution in [-0.4, -0.2) is 16.0 Å². The summed E-state index contributed by atoms with van der Waals surface area (Å²) >= 11 is 3.05. The maximum atomic E-state index is 11.5. The van der Waals surface area contributed by atoms with Gasteiger partial charge < -0.3 is 14.6 Å². The van der Waals surface area contributed by atoms with Crippen LogP contribution in [0.4, 0.5) is 0 Å².